The zero-order valence-electron chi connectivity index (χ0n) is 18.7. The molecule has 170 valence electrons. The number of aryl methyl sites for hydroxylation is 2. The average Bonchev–Trinajstić information content (AvgIpc) is 3.25. The molecule has 0 saturated carbocycles. The van der Waals surface area contributed by atoms with Gasteiger partial charge in [-0.15, -0.1) is 0 Å². The molecule has 7 heteroatoms. The van der Waals surface area contributed by atoms with E-state index in [4.69, 9.17) is 14.2 Å². The van der Waals surface area contributed by atoms with Gasteiger partial charge in [-0.05, 0) is 73.4 Å². The lowest BCUT2D eigenvalue weighted by atomic mass is 10.0. The van der Waals surface area contributed by atoms with Gasteiger partial charge in [0.05, 0.1) is 17.3 Å². The summed E-state index contributed by atoms with van der Waals surface area (Å²) in [5, 5.41) is 3.45. The number of amides is 1. The van der Waals surface area contributed by atoms with Crippen molar-refractivity contribution in [3.05, 3.63) is 83.4 Å². The number of nitrogens with one attached hydrogen (secondary N) is 1. The predicted octanol–water partition coefficient (Wildman–Crippen LogP) is 5.72. The van der Waals surface area contributed by atoms with Crippen LogP contribution in [-0.4, -0.2) is 31.4 Å². The second kappa shape index (κ2) is 10.9. The highest BCUT2D eigenvalue weighted by Gasteiger charge is 2.11. The standard InChI is InChI=1S/C26H26N2O4S/c1-3-31-17-32-22-13-14-23-24(16-22)33-26(27-23)28-25(29)20-11-9-18(10-12-20)7-8-19-5-4-6-21(15-19)30-2/h4-6,9-16H,3,7-8,17H2,1-2H3,(H,27,28,29). The van der Waals surface area contributed by atoms with E-state index in [1.165, 1.54) is 22.5 Å². The number of rotatable bonds is 10. The van der Waals surface area contributed by atoms with Crippen LogP contribution < -0.4 is 14.8 Å². The lowest BCUT2D eigenvalue weighted by Crippen LogP contribution is -2.11. The van der Waals surface area contributed by atoms with Gasteiger partial charge in [0.15, 0.2) is 11.9 Å². The third-order valence-corrected chi connectivity index (χ3v) is 6.08. The molecule has 0 spiro atoms. The molecule has 4 rings (SSSR count). The minimum atomic E-state index is -0.179. The molecule has 0 saturated heterocycles. The minimum Gasteiger partial charge on any atom is -0.497 e. The molecule has 1 aromatic heterocycles. The molecule has 1 heterocycles. The zero-order chi connectivity index (χ0) is 23.0. The summed E-state index contributed by atoms with van der Waals surface area (Å²) in [6.45, 7) is 2.72. The number of methoxy groups -OCH3 is 1. The van der Waals surface area contributed by atoms with Crippen LogP contribution in [0, 0.1) is 0 Å². The molecule has 1 amide bonds. The Morgan fingerprint density at radius 1 is 0.970 bits per heavy atom. The smallest absolute Gasteiger partial charge is 0.257 e. The first kappa shape index (κ1) is 22.8. The van der Waals surface area contributed by atoms with Crippen LogP contribution in [0.1, 0.15) is 28.4 Å². The number of anilines is 1. The number of carbonyl (C=O) groups is 1. The number of hydrogen-bond donors (Lipinski definition) is 1. The van der Waals surface area contributed by atoms with Crippen molar-refractivity contribution in [2.24, 2.45) is 0 Å². The van der Waals surface area contributed by atoms with E-state index in [0.29, 0.717) is 23.1 Å². The number of ether oxygens (including phenoxy) is 3. The maximum atomic E-state index is 12.7. The quantitative estimate of drug-likeness (QED) is 0.241. The second-order valence-electron chi connectivity index (χ2n) is 7.41. The van der Waals surface area contributed by atoms with Crippen LogP contribution in [0.3, 0.4) is 0 Å². The van der Waals surface area contributed by atoms with Gasteiger partial charge in [0.2, 0.25) is 0 Å². The summed E-state index contributed by atoms with van der Waals surface area (Å²) in [6, 6.07) is 21.4. The number of fused-ring (bicyclic) bond motifs is 1. The lowest BCUT2D eigenvalue weighted by molar-refractivity contribution is 0.0225. The van der Waals surface area contributed by atoms with Gasteiger partial charge in [-0.25, -0.2) is 4.98 Å². The number of carbonyl (C=O) groups excluding carboxylic acids is 1. The molecule has 0 aliphatic carbocycles. The van der Waals surface area contributed by atoms with Crippen molar-refractivity contribution in [2.75, 3.05) is 25.8 Å². The zero-order valence-corrected chi connectivity index (χ0v) is 19.5. The highest BCUT2D eigenvalue weighted by molar-refractivity contribution is 7.22. The van der Waals surface area contributed by atoms with Gasteiger partial charge in [-0.1, -0.05) is 35.6 Å². The van der Waals surface area contributed by atoms with Crippen LogP contribution in [0.4, 0.5) is 5.13 Å². The van der Waals surface area contributed by atoms with Gasteiger partial charge in [0.1, 0.15) is 11.5 Å². The molecule has 0 fully saturated rings. The van der Waals surface area contributed by atoms with Crippen molar-refractivity contribution >= 4 is 32.6 Å². The Morgan fingerprint density at radius 3 is 2.58 bits per heavy atom. The van der Waals surface area contributed by atoms with Crippen LogP contribution >= 0.6 is 11.3 Å². The fourth-order valence-electron chi connectivity index (χ4n) is 3.35. The van der Waals surface area contributed by atoms with E-state index in [2.05, 4.69) is 16.4 Å². The van der Waals surface area contributed by atoms with Crippen LogP contribution in [0.2, 0.25) is 0 Å². The number of thiazole rings is 1. The maximum Gasteiger partial charge on any atom is 0.257 e. The first-order valence-corrected chi connectivity index (χ1v) is 11.6. The fourth-order valence-corrected chi connectivity index (χ4v) is 4.24. The highest BCUT2D eigenvalue weighted by atomic mass is 32.1. The minimum absolute atomic E-state index is 0.179. The molecule has 3 aromatic carbocycles. The third kappa shape index (κ3) is 6.09. The summed E-state index contributed by atoms with van der Waals surface area (Å²) >= 11 is 1.41. The maximum absolute atomic E-state index is 12.7. The lowest BCUT2D eigenvalue weighted by Gasteiger charge is -2.06. The molecule has 0 radical (unpaired) electrons. The van der Waals surface area contributed by atoms with Gasteiger partial charge >= 0.3 is 0 Å². The van der Waals surface area contributed by atoms with E-state index in [1.54, 1.807) is 7.11 Å². The molecule has 0 aliphatic heterocycles. The van der Waals surface area contributed by atoms with Gasteiger partial charge in [0.25, 0.3) is 5.91 Å². The molecule has 0 atom stereocenters. The Kier molecular flexibility index (Phi) is 7.55. The van der Waals surface area contributed by atoms with E-state index in [1.807, 2.05) is 67.6 Å². The number of aromatic nitrogens is 1. The van der Waals surface area contributed by atoms with Crippen molar-refractivity contribution < 1.29 is 19.0 Å². The van der Waals surface area contributed by atoms with Crippen molar-refractivity contribution in [1.29, 1.82) is 0 Å². The van der Waals surface area contributed by atoms with Crippen molar-refractivity contribution in [2.45, 2.75) is 19.8 Å². The molecule has 4 aromatic rings. The van der Waals surface area contributed by atoms with Crippen LogP contribution in [-0.2, 0) is 17.6 Å². The first-order chi connectivity index (χ1) is 16.1. The molecule has 0 unspecified atom stereocenters. The van der Waals surface area contributed by atoms with Crippen molar-refractivity contribution in [3.63, 3.8) is 0 Å². The largest absolute Gasteiger partial charge is 0.497 e. The predicted molar refractivity (Wildman–Crippen MR) is 132 cm³/mol. The Labute approximate surface area is 197 Å². The van der Waals surface area contributed by atoms with E-state index in [0.717, 1.165) is 28.8 Å². The number of nitrogens with zero attached hydrogens (tertiary/aromatic N) is 1. The van der Waals surface area contributed by atoms with Gasteiger partial charge in [-0.2, -0.15) is 0 Å². The summed E-state index contributed by atoms with van der Waals surface area (Å²) in [5.41, 5.74) is 3.81. The summed E-state index contributed by atoms with van der Waals surface area (Å²) < 4.78 is 17.0. The molecule has 0 bridgehead atoms. The van der Waals surface area contributed by atoms with E-state index in [9.17, 15) is 4.79 Å². The Bertz CT molecular complexity index is 1220. The Morgan fingerprint density at radius 2 is 1.79 bits per heavy atom. The molecule has 0 aliphatic rings. The van der Waals surface area contributed by atoms with E-state index < -0.39 is 0 Å². The summed E-state index contributed by atoms with van der Waals surface area (Å²) in [4.78, 5) is 17.2. The van der Waals surface area contributed by atoms with Crippen molar-refractivity contribution in [1.82, 2.24) is 4.98 Å². The third-order valence-electron chi connectivity index (χ3n) is 5.15. The van der Waals surface area contributed by atoms with Gasteiger partial charge in [-0.3, -0.25) is 10.1 Å². The van der Waals surface area contributed by atoms with Gasteiger partial charge < -0.3 is 14.2 Å². The monoisotopic (exact) mass is 462 g/mol. The first-order valence-electron chi connectivity index (χ1n) is 10.8. The fraction of sp³-hybridized carbons (Fsp3) is 0.231. The van der Waals surface area contributed by atoms with E-state index in [-0.39, 0.29) is 12.7 Å². The Hall–Kier alpha value is -3.42. The topological polar surface area (TPSA) is 69.7 Å². The second-order valence-corrected chi connectivity index (χ2v) is 8.44. The number of hydrogen-bond acceptors (Lipinski definition) is 6. The molecular weight excluding hydrogens is 436 g/mol. The Balaban J connectivity index is 1.35. The highest BCUT2D eigenvalue weighted by Crippen LogP contribution is 2.29. The molecule has 33 heavy (non-hydrogen) atoms. The van der Waals surface area contributed by atoms with Crippen molar-refractivity contribution in [3.8, 4) is 11.5 Å². The average molecular weight is 463 g/mol. The molecule has 6 nitrogen and oxygen atoms in total. The SMILES string of the molecule is CCOCOc1ccc2nc(NC(=O)c3ccc(CCc4cccc(OC)c4)cc3)sc2c1. The molecule has 1 N–H and O–H groups in total. The van der Waals surface area contributed by atoms with Crippen LogP contribution in [0.5, 0.6) is 11.5 Å². The van der Waals surface area contributed by atoms with Crippen LogP contribution in [0.25, 0.3) is 10.2 Å². The summed E-state index contributed by atoms with van der Waals surface area (Å²) in [6.07, 6.45) is 1.80. The normalized spacial score (nSPS) is 10.8. The van der Waals surface area contributed by atoms with Gasteiger partial charge in [0, 0.05) is 12.2 Å². The van der Waals surface area contributed by atoms with E-state index >= 15 is 0 Å². The summed E-state index contributed by atoms with van der Waals surface area (Å²) in [5.74, 6) is 1.40. The number of benzene rings is 3. The van der Waals surface area contributed by atoms with Crippen LogP contribution in [0.15, 0.2) is 66.7 Å². The molecular formula is C26H26N2O4S. The summed E-state index contributed by atoms with van der Waals surface area (Å²) in [7, 11) is 1.67.